The first-order chi connectivity index (χ1) is 11.6. The molecule has 0 fully saturated rings. The van der Waals surface area contributed by atoms with Gasteiger partial charge in [0.25, 0.3) is 0 Å². The molecule has 24 heavy (non-hydrogen) atoms. The third-order valence-corrected chi connectivity index (χ3v) is 5.94. The van der Waals surface area contributed by atoms with Crippen molar-refractivity contribution >= 4 is 52.6 Å². The maximum Gasteiger partial charge on any atom is 0.230 e. The van der Waals surface area contributed by atoms with Crippen LogP contribution < -0.4 is 5.32 Å². The van der Waals surface area contributed by atoms with Crippen LogP contribution in [0, 0.1) is 0 Å². The highest BCUT2D eigenvalue weighted by Crippen LogP contribution is 2.24. The predicted molar refractivity (Wildman–Crippen MR) is 108 cm³/mol. The summed E-state index contributed by atoms with van der Waals surface area (Å²) in [4.78, 5) is 11.8. The average molecular weight is 400 g/mol. The molecule has 6 heteroatoms. The van der Waals surface area contributed by atoms with Gasteiger partial charge in [0.15, 0.2) is 0 Å². The third kappa shape index (κ3) is 7.39. The maximum absolute atomic E-state index is 11.8. The van der Waals surface area contributed by atoms with E-state index in [0.717, 1.165) is 22.8 Å². The van der Waals surface area contributed by atoms with Crippen LogP contribution in [0.4, 0.5) is 0 Å². The lowest BCUT2D eigenvalue weighted by Gasteiger charge is -2.06. The number of halogens is 2. The lowest BCUT2D eigenvalue weighted by molar-refractivity contribution is -0.118. The Kier molecular flexibility index (Phi) is 8.89. The Morgan fingerprint density at radius 3 is 2.42 bits per heavy atom. The number of benzene rings is 2. The Hall–Kier alpha value is -0.810. The second-order valence-electron chi connectivity index (χ2n) is 5.13. The van der Waals surface area contributed by atoms with E-state index >= 15 is 0 Å². The number of rotatable bonds is 9. The van der Waals surface area contributed by atoms with Crippen molar-refractivity contribution in [3.05, 3.63) is 69.7 Å². The summed E-state index contributed by atoms with van der Waals surface area (Å²) in [6, 6.07) is 15.9. The van der Waals surface area contributed by atoms with Crippen molar-refractivity contribution in [3.63, 3.8) is 0 Å². The molecule has 0 atom stereocenters. The van der Waals surface area contributed by atoms with Gasteiger partial charge in [-0.25, -0.2) is 0 Å². The zero-order valence-electron chi connectivity index (χ0n) is 13.1. The quantitative estimate of drug-likeness (QED) is 0.581. The Morgan fingerprint density at radius 2 is 1.67 bits per heavy atom. The Balaban J connectivity index is 1.54. The van der Waals surface area contributed by atoms with Crippen LogP contribution in [-0.2, 0) is 16.3 Å². The van der Waals surface area contributed by atoms with Gasteiger partial charge in [0.2, 0.25) is 5.91 Å². The molecule has 0 radical (unpaired) electrons. The molecule has 2 aromatic carbocycles. The summed E-state index contributed by atoms with van der Waals surface area (Å²) in [5.74, 6) is 3.15. The summed E-state index contributed by atoms with van der Waals surface area (Å²) in [5.41, 5.74) is 2.38. The minimum atomic E-state index is 0.0698. The van der Waals surface area contributed by atoms with Crippen LogP contribution in [0.5, 0.6) is 0 Å². The summed E-state index contributed by atoms with van der Waals surface area (Å²) < 4.78 is 0. The summed E-state index contributed by atoms with van der Waals surface area (Å²) in [7, 11) is 0. The monoisotopic (exact) mass is 399 g/mol. The lowest BCUT2D eigenvalue weighted by Crippen LogP contribution is -2.27. The Labute approximate surface area is 161 Å². The van der Waals surface area contributed by atoms with Crippen LogP contribution in [-0.4, -0.2) is 24.0 Å². The number of amides is 1. The van der Waals surface area contributed by atoms with Crippen molar-refractivity contribution in [3.8, 4) is 0 Å². The van der Waals surface area contributed by atoms with Gasteiger partial charge >= 0.3 is 0 Å². The Bertz CT molecular complexity index is 653. The van der Waals surface area contributed by atoms with Gasteiger partial charge in [-0.1, -0.05) is 59.6 Å². The number of nitrogens with one attached hydrogen (secondary N) is 1. The first-order valence-electron chi connectivity index (χ1n) is 7.55. The SMILES string of the molecule is O=C(CSCc1ccc(Cl)c(Cl)c1)NCCSCc1ccccc1. The van der Waals surface area contributed by atoms with E-state index in [4.69, 9.17) is 23.2 Å². The minimum Gasteiger partial charge on any atom is -0.355 e. The predicted octanol–water partition coefficient (Wildman–Crippen LogP) is 5.28. The molecular formula is C18H19Cl2NOS2. The van der Waals surface area contributed by atoms with Crippen LogP contribution in [0.15, 0.2) is 48.5 Å². The molecule has 0 aromatic heterocycles. The number of carbonyl (C=O) groups excluding carboxylic acids is 1. The van der Waals surface area contributed by atoms with Gasteiger partial charge in [-0.05, 0) is 23.3 Å². The van der Waals surface area contributed by atoms with Crippen molar-refractivity contribution in [2.24, 2.45) is 0 Å². The van der Waals surface area contributed by atoms with Crippen LogP contribution in [0.1, 0.15) is 11.1 Å². The summed E-state index contributed by atoms with van der Waals surface area (Å²) >= 11 is 15.2. The van der Waals surface area contributed by atoms with Crippen LogP contribution in [0.3, 0.4) is 0 Å². The van der Waals surface area contributed by atoms with Crippen molar-refractivity contribution in [2.45, 2.75) is 11.5 Å². The van der Waals surface area contributed by atoms with E-state index in [0.29, 0.717) is 22.3 Å². The molecule has 128 valence electrons. The summed E-state index contributed by atoms with van der Waals surface area (Å²) in [6.45, 7) is 0.698. The Morgan fingerprint density at radius 1 is 0.917 bits per heavy atom. The van der Waals surface area contributed by atoms with E-state index in [-0.39, 0.29) is 5.91 Å². The number of hydrogen-bond donors (Lipinski definition) is 1. The number of carbonyl (C=O) groups is 1. The van der Waals surface area contributed by atoms with E-state index in [1.54, 1.807) is 17.8 Å². The topological polar surface area (TPSA) is 29.1 Å². The molecule has 1 N–H and O–H groups in total. The van der Waals surface area contributed by atoms with Gasteiger partial charge in [-0.3, -0.25) is 4.79 Å². The number of thioether (sulfide) groups is 2. The molecule has 0 bridgehead atoms. The van der Waals surface area contributed by atoms with Crippen molar-refractivity contribution < 1.29 is 4.79 Å². The minimum absolute atomic E-state index is 0.0698. The highest BCUT2D eigenvalue weighted by atomic mass is 35.5. The zero-order valence-corrected chi connectivity index (χ0v) is 16.3. The van der Waals surface area contributed by atoms with Gasteiger partial charge in [0.05, 0.1) is 15.8 Å². The summed E-state index contributed by atoms with van der Waals surface area (Å²) in [6.07, 6.45) is 0. The molecule has 0 heterocycles. The standard InChI is InChI=1S/C18H19Cl2NOS2/c19-16-7-6-15(10-17(16)20)12-24-13-18(22)21-8-9-23-11-14-4-2-1-3-5-14/h1-7,10H,8-9,11-13H2,(H,21,22). The van der Waals surface area contributed by atoms with E-state index in [2.05, 4.69) is 17.4 Å². The van der Waals surface area contributed by atoms with Crippen molar-refractivity contribution in [1.82, 2.24) is 5.32 Å². The molecule has 0 aliphatic heterocycles. The lowest BCUT2D eigenvalue weighted by atomic mass is 10.2. The van der Waals surface area contributed by atoms with E-state index in [1.165, 1.54) is 5.56 Å². The molecule has 2 rings (SSSR count). The van der Waals surface area contributed by atoms with Gasteiger partial charge in [0.1, 0.15) is 0 Å². The van der Waals surface area contributed by atoms with Crippen molar-refractivity contribution in [2.75, 3.05) is 18.1 Å². The molecule has 0 saturated carbocycles. The van der Waals surface area contributed by atoms with Crippen LogP contribution in [0.25, 0.3) is 0 Å². The second kappa shape index (κ2) is 10.9. The van der Waals surface area contributed by atoms with E-state index in [9.17, 15) is 4.79 Å². The first kappa shape index (κ1) is 19.5. The normalized spacial score (nSPS) is 10.6. The molecular weight excluding hydrogens is 381 g/mol. The molecule has 2 nitrogen and oxygen atoms in total. The highest BCUT2D eigenvalue weighted by molar-refractivity contribution is 7.99. The molecule has 0 spiro atoms. The average Bonchev–Trinajstić information content (AvgIpc) is 2.59. The second-order valence-corrected chi connectivity index (χ2v) is 8.03. The van der Waals surface area contributed by atoms with Gasteiger partial charge in [-0.15, -0.1) is 11.8 Å². The van der Waals surface area contributed by atoms with Gasteiger partial charge in [0, 0.05) is 23.8 Å². The molecule has 0 unspecified atom stereocenters. The fourth-order valence-corrected chi connectivity index (χ4v) is 3.91. The summed E-state index contributed by atoms with van der Waals surface area (Å²) in [5, 5.41) is 4.05. The van der Waals surface area contributed by atoms with Gasteiger partial charge < -0.3 is 5.32 Å². The van der Waals surface area contributed by atoms with Crippen LogP contribution in [0.2, 0.25) is 10.0 Å². The van der Waals surface area contributed by atoms with Crippen LogP contribution >= 0.6 is 46.7 Å². The van der Waals surface area contributed by atoms with Crippen molar-refractivity contribution in [1.29, 1.82) is 0 Å². The zero-order chi connectivity index (χ0) is 17.2. The molecule has 1 amide bonds. The smallest absolute Gasteiger partial charge is 0.230 e. The van der Waals surface area contributed by atoms with E-state index in [1.807, 2.05) is 42.1 Å². The number of hydrogen-bond acceptors (Lipinski definition) is 3. The highest BCUT2D eigenvalue weighted by Gasteiger charge is 2.03. The maximum atomic E-state index is 11.8. The molecule has 2 aromatic rings. The fraction of sp³-hybridized carbons (Fsp3) is 0.278. The molecule has 0 saturated heterocycles. The largest absolute Gasteiger partial charge is 0.355 e. The van der Waals surface area contributed by atoms with Gasteiger partial charge in [-0.2, -0.15) is 11.8 Å². The fourth-order valence-electron chi connectivity index (χ4n) is 1.97. The van der Waals surface area contributed by atoms with E-state index < -0.39 is 0 Å². The molecule has 0 aliphatic rings. The third-order valence-electron chi connectivity index (χ3n) is 3.17. The molecule has 0 aliphatic carbocycles. The first-order valence-corrected chi connectivity index (χ1v) is 10.6.